The Labute approximate surface area is 149 Å². The molecule has 0 bridgehead atoms. The first-order valence-electron chi connectivity index (χ1n) is 9.26. The zero-order valence-corrected chi connectivity index (χ0v) is 14.7. The van der Waals surface area contributed by atoms with Crippen molar-refractivity contribution in [2.45, 2.75) is 31.6 Å². The molecule has 2 amide bonds. The molecule has 1 aromatic carbocycles. The van der Waals surface area contributed by atoms with Gasteiger partial charge in [0.25, 0.3) is 0 Å². The van der Waals surface area contributed by atoms with E-state index in [2.05, 4.69) is 27.7 Å². The van der Waals surface area contributed by atoms with E-state index < -0.39 is 0 Å². The number of amides is 2. The van der Waals surface area contributed by atoms with Crippen LogP contribution in [-0.2, 0) is 9.59 Å². The van der Waals surface area contributed by atoms with Gasteiger partial charge in [-0.05, 0) is 49.4 Å². The third-order valence-electron chi connectivity index (χ3n) is 5.27. The highest BCUT2D eigenvalue weighted by atomic mass is 16.2. The maximum absolute atomic E-state index is 12.0. The van der Waals surface area contributed by atoms with E-state index in [0.29, 0.717) is 19.4 Å². The predicted octanol–water partition coefficient (Wildman–Crippen LogP) is 0.971. The second-order valence-electron chi connectivity index (χ2n) is 7.02. The number of hydrogen-bond donors (Lipinski definition) is 3. The summed E-state index contributed by atoms with van der Waals surface area (Å²) in [4.78, 5) is 25.7. The van der Waals surface area contributed by atoms with Gasteiger partial charge in [-0.15, -0.1) is 0 Å². The van der Waals surface area contributed by atoms with Crippen LogP contribution >= 0.6 is 0 Å². The number of nitrogens with one attached hydrogen (secondary N) is 2. The highest BCUT2D eigenvalue weighted by Crippen LogP contribution is 2.28. The first kappa shape index (κ1) is 17.9. The van der Waals surface area contributed by atoms with Crippen LogP contribution in [0.2, 0.25) is 0 Å². The van der Waals surface area contributed by atoms with Crippen LogP contribution in [0.5, 0.6) is 0 Å². The Balaban J connectivity index is 1.53. The highest BCUT2D eigenvalue weighted by molar-refractivity contribution is 6.00. The van der Waals surface area contributed by atoms with Crippen LogP contribution in [0.3, 0.4) is 0 Å². The Morgan fingerprint density at radius 2 is 1.84 bits per heavy atom. The monoisotopic (exact) mass is 344 g/mol. The molecule has 25 heavy (non-hydrogen) atoms. The molecule has 0 spiro atoms. The van der Waals surface area contributed by atoms with Crippen molar-refractivity contribution in [3.05, 3.63) is 29.8 Å². The van der Waals surface area contributed by atoms with Gasteiger partial charge in [-0.25, -0.2) is 0 Å². The summed E-state index contributed by atoms with van der Waals surface area (Å²) < 4.78 is 0. The molecular weight excluding hydrogens is 316 g/mol. The number of anilines is 1. The molecule has 1 aromatic rings. The summed E-state index contributed by atoms with van der Waals surface area (Å²) in [5.74, 6) is 0.188. The Hall–Kier alpha value is -1.92. The second kappa shape index (κ2) is 8.45. The van der Waals surface area contributed by atoms with E-state index in [1.807, 2.05) is 12.1 Å². The number of carbonyl (C=O) groups excluding carboxylic acids is 2. The lowest BCUT2D eigenvalue weighted by Crippen LogP contribution is -2.39. The smallest absolute Gasteiger partial charge is 0.234 e. The first-order chi connectivity index (χ1) is 12.2. The number of carbonyl (C=O) groups is 2. The van der Waals surface area contributed by atoms with Crippen molar-refractivity contribution >= 4 is 17.5 Å². The third-order valence-corrected chi connectivity index (χ3v) is 5.27. The van der Waals surface area contributed by atoms with Gasteiger partial charge in [-0.1, -0.05) is 12.1 Å². The number of nitrogens with zero attached hydrogens (tertiary/aromatic N) is 1. The fraction of sp³-hybridized carbons (Fsp3) is 0.579. The Bertz CT molecular complexity index is 594. The lowest BCUT2D eigenvalue weighted by atomic mass is 9.90. The highest BCUT2D eigenvalue weighted by Gasteiger charge is 2.28. The summed E-state index contributed by atoms with van der Waals surface area (Å²) in [5, 5.41) is 5.83. The number of benzene rings is 1. The van der Waals surface area contributed by atoms with Crippen LogP contribution in [0.15, 0.2) is 24.3 Å². The molecular formula is C19H28N4O2. The fourth-order valence-electron chi connectivity index (χ4n) is 3.73. The van der Waals surface area contributed by atoms with Crippen molar-refractivity contribution in [3.8, 4) is 0 Å². The molecule has 1 atom stereocenters. The molecule has 136 valence electrons. The Morgan fingerprint density at radius 1 is 1.12 bits per heavy atom. The van der Waals surface area contributed by atoms with Crippen LogP contribution in [0, 0.1) is 5.92 Å². The molecule has 2 saturated heterocycles. The summed E-state index contributed by atoms with van der Waals surface area (Å²) in [6, 6.07) is 8.27. The molecule has 2 fully saturated rings. The van der Waals surface area contributed by atoms with E-state index in [1.54, 1.807) is 0 Å². The standard InChI is InChI=1S/C19H28N4O2/c20-9-10-21-13-14-7-11-23(12-8-14)16-3-1-15(2-4-16)17-5-6-18(24)22-19(17)25/h1-4,14,17,21H,5-13,20H2,(H,22,24,25). The van der Waals surface area contributed by atoms with Crippen LogP contribution in [0.4, 0.5) is 5.69 Å². The minimum atomic E-state index is -0.203. The van der Waals surface area contributed by atoms with Crippen LogP contribution in [0.1, 0.15) is 37.2 Å². The van der Waals surface area contributed by atoms with Gasteiger partial charge < -0.3 is 16.0 Å². The molecule has 2 aliphatic heterocycles. The minimum Gasteiger partial charge on any atom is -0.372 e. The third kappa shape index (κ3) is 4.58. The first-order valence-corrected chi connectivity index (χ1v) is 9.26. The van der Waals surface area contributed by atoms with Crippen LogP contribution in [0.25, 0.3) is 0 Å². The van der Waals surface area contributed by atoms with Gasteiger partial charge in [-0.3, -0.25) is 14.9 Å². The molecule has 3 rings (SSSR count). The number of imide groups is 1. The van der Waals surface area contributed by atoms with E-state index in [9.17, 15) is 9.59 Å². The van der Waals surface area contributed by atoms with Gasteiger partial charge in [0.05, 0.1) is 5.92 Å². The number of rotatable bonds is 6. The molecule has 0 aromatic heterocycles. The number of hydrogen-bond acceptors (Lipinski definition) is 5. The average Bonchev–Trinajstić information content (AvgIpc) is 2.63. The van der Waals surface area contributed by atoms with Crippen LogP contribution in [-0.4, -0.2) is 44.5 Å². The minimum absolute atomic E-state index is 0.165. The molecule has 6 nitrogen and oxygen atoms in total. The lowest BCUT2D eigenvalue weighted by Gasteiger charge is -2.34. The Kier molecular flexibility index (Phi) is 6.04. The summed E-state index contributed by atoms with van der Waals surface area (Å²) >= 11 is 0. The average molecular weight is 344 g/mol. The molecule has 6 heteroatoms. The zero-order chi connectivity index (χ0) is 17.6. The van der Waals surface area contributed by atoms with E-state index in [0.717, 1.165) is 37.7 Å². The van der Waals surface area contributed by atoms with E-state index in [4.69, 9.17) is 5.73 Å². The second-order valence-corrected chi connectivity index (χ2v) is 7.02. The number of nitrogens with two attached hydrogens (primary N) is 1. The number of piperidine rings is 2. The predicted molar refractivity (Wildman–Crippen MR) is 98.4 cm³/mol. The van der Waals surface area contributed by atoms with Gasteiger partial charge >= 0.3 is 0 Å². The summed E-state index contributed by atoms with van der Waals surface area (Å²) in [7, 11) is 0. The lowest BCUT2D eigenvalue weighted by molar-refractivity contribution is -0.134. The van der Waals surface area contributed by atoms with Gasteiger partial charge in [0.2, 0.25) is 11.8 Å². The summed E-state index contributed by atoms with van der Waals surface area (Å²) in [6.45, 7) is 4.76. The van der Waals surface area contributed by atoms with Crippen molar-refractivity contribution in [1.82, 2.24) is 10.6 Å². The topological polar surface area (TPSA) is 87.5 Å². The quantitative estimate of drug-likeness (QED) is 0.529. The molecule has 2 heterocycles. The van der Waals surface area contributed by atoms with Gasteiger partial charge in [0, 0.05) is 38.3 Å². The maximum atomic E-state index is 12.0. The zero-order valence-electron chi connectivity index (χ0n) is 14.7. The van der Waals surface area contributed by atoms with E-state index >= 15 is 0 Å². The maximum Gasteiger partial charge on any atom is 0.234 e. The SMILES string of the molecule is NCCNCC1CCN(c2ccc(C3CCC(=O)NC3=O)cc2)CC1. The van der Waals surface area contributed by atoms with Gasteiger partial charge in [0.15, 0.2) is 0 Å². The largest absolute Gasteiger partial charge is 0.372 e. The van der Waals surface area contributed by atoms with Crippen LogP contribution < -0.4 is 21.3 Å². The van der Waals surface area contributed by atoms with Crippen molar-refractivity contribution in [1.29, 1.82) is 0 Å². The van der Waals surface area contributed by atoms with Gasteiger partial charge in [-0.2, -0.15) is 0 Å². The van der Waals surface area contributed by atoms with Crippen molar-refractivity contribution < 1.29 is 9.59 Å². The molecule has 4 N–H and O–H groups in total. The summed E-state index contributed by atoms with van der Waals surface area (Å²) in [5.41, 5.74) is 7.72. The van der Waals surface area contributed by atoms with Crippen molar-refractivity contribution in [2.75, 3.05) is 37.6 Å². The molecule has 1 unspecified atom stereocenters. The fourth-order valence-corrected chi connectivity index (χ4v) is 3.73. The molecule has 0 saturated carbocycles. The van der Waals surface area contributed by atoms with Crippen molar-refractivity contribution in [3.63, 3.8) is 0 Å². The molecule has 0 aliphatic carbocycles. The van der Waals surface area contributed by atoms with E-state index in [-0.39, 0.29) is 17.7 Å². The van der Waals surface area contributed by atoms with E-state index in [1.165, 1.54) is 18.5 Å². The van der Waals surface area contributed by atoms with Gasteiger partial charge in [0.1, 0.15) is 0 Å². The Morgan fingerprint density at radius 3 is 2.48 bits per heavy atom. The summed E-state index contributed by atoms with van der Waals surface area (Å²) in [6.07, 6.45) is 3.40. The molecule has 0 radical (unpaired) electrons. The van der Waals surface area contributed by atoms with Crippen molar-refractivity contribution in [2.24, 2.45) is 11.7 Å². The normalized spacial score (nSPS) is 22.1. The molecule has 2 aliphatic rings.